The van der Waals surface area contributed by atoms with Crippen LogP contribution in [0.25, 0.3) is 11.0 Å². The van der Waals surface area contributed by atoms with Gasteiger partial charge in [0.25, 0.3) is 5.91 Å². The average molecular weight is 421 g/mol. The summed E-state index contributed by atoms with van der Waals surface area (Å²) in [5.74, 6) is -0.993. The highest BCUT2D eigenvalue weighted by atomic mass is 32.1. The standard InChI is InChI=1S/C22H16FN3O3S/c1-3-12-7-8-16-15(9-12)19(27)17-18(13-5-4-6-14(23)10-13)26(21(28)20(17)29-16)22-25-24-11(2)30-22/h4-10,18H,3H2,1-2H3. The second kappa shape index (κ2) is 6.84. The van der Waals surface area contributed by atoms with Crippen LogP contribution in [0.15, 0.2) is 51.7 Å². The number of anilines is 1. The van der Waals surface area contributed by atoms with E-state index in [4.69, 9.17) is 4.42 Å². The van der Waals surface area contributed by atoms with Crippen LogP contribution in [-0.4, -0.2) is 16.1 Å². The van der Waals surface area contributed by atoms with E-state index in [0.29, 0.717) is 26.7 Å². The first kappa shape index (κ1) is 18.6. The summed E-state index contributed by atoms with van der Waals surface area (Å²) in [7, 11) is 0. The lowest BCUT2D eigenvalue weighted by molar-refractivity contribution is 0.0970. The van der Waals surface area contributed by atoms with Gasteiger partial charge < -0.3 is 4.42 Å². The monoisotopic (exact) mass is 421 g/mol. The minimum atomic E-state index is -0.846. The Bertz CT molecular complexity index is 1380. The first-order valence-corrected chi connectivity index (χ1v) is 10.3. The topological polar surface area (TPSA) is 76.3 Å². The zero-order valence-corrected chi connectivity index (χ0v) is 17.0. The molecule has 0 saturated carbocycles. The van der Waals surface area contributed by atoms with E-state index in [1.54, 1.807) is 31.2 Å². The summed E-state index contributed by atoms with van der Waals surface area (Å²) in [6, 6.07) is 10.4. The summed E-state index contributed by atoms with van der Waals surface area (Å²) in [6.07, 6.45) is 0.759. The summed E-state index contributed by atoms with van der Waals surface area (Å²) < 4.78 is 20.0. The highest BCUT2D eigenvalue weighted by Crippen LogP contribution is 2.42. The summed E-state index contributed by atoms with van der Waals surface area (Å²) in [5, 5.41) is 9.49. The Morgan fingerprint density at radius 3 is 2.70 bits per heavy atom. The van der Waals surface area contributed by atoms with Crippen LogP contribution in [0.2, 0.25) is 0 Å². The SMILES string of the molecule is CCc1ccc2oc3c(c(=O)c2c1)C(c1cccc(F)c1)N(c1nnc(C)s1)C3=O. The lowest BCUT2D eigenvalue weighted by Crippen LogP contribution is -2.29. The van der Waals surface area contributed by atoms with Crippen molar-refractivity contribution in [3.63, 3.8) is 0 Å². The fraction of sp³-hybridized carbons (Fsp3) is 0.182. The maximum atomic E-state index is 14.0. The molecule has 0 radical (unpaired) electrons. The van der Waals surface area contributed by atoms with Crippen molar-refractivity contribution in [2.24, 2.45) is 0 Å². The van der Waals surface area contributed by atoms with Gasteiger partial charge in [-0.2, -0.15) is 0 Å². The summed E-state index contributed by atoms with van der Waals surface area (Å²) in [6.45, 7) is 3.77. The Morgan fingerprint density at radius 1 is 1.17 bits per heavy atom. The second-order valence-corrected chi connectivity index (χ2v) is 8.25. The van der Waals surface area contributed by atoms with Crippen molar-refractivity contribution < 1.29 is 13.6 Å². The van der Waals surface area contributed by atoms with E-state index in [2.05, 4.69) is 10.2 Å². The Kier molecular flexibility index (Phi) is 4.25. The van der Waals surface area contributed by atoms with Gasteiger partial charge in [0.05, 0.1) is 17.0 Å². The third kappa shape index (κ3) is 2.75. The molecule has 0 fully saturated rings. The van der Waals surface area contributed by atoms with Gasteiger partial charge in [0.2, 0.25) is 10.9 Å². The first-order chi connectivity index (χ1) is 14.5. The second-order valence-electron chi connectivity index (χ2n) is 7.09. The lowest BCUT2D eigenvalue weighted by atomic mass is 9.98. The number of hydrogen-bond acceptors (Lipinski definition) is 6. The van der Waals surface area contributed by atoms with Gasteiger partial charge in [0.15, 0.2) is 5.43 Å². The van der Waals surface area contributed by atoms with Crippen LogP contribution in [0.1, 0.15) is 45.2 Å². The molecule has 0 bridgehead atoms. The number of aromatic nitrogens is 2. The van der Waals surface area contributed by atoms with Crippen LogP contribution in [0.5, 0.6) is 0 Å². The molecule has 4 aromatic rings. The minimum Gasteiger partial charge on any atom is -0.450 e. The van der Waals surface area contributed by atoms with E-state index in [9.17, 15) is 14.0 Å². The maximum absolute atomic E-state index is 14.0. The van der Waals surface area contributed by atoms with Crippen molar-refractivity contribution in [2.45, 2.75) is 26.3 Å². The van der Waals surface area contributed by atoms with Crippen molar-refractivity contribution in [2.75, 3.05) is 4.90 Å². The molecule has 2 aromatic carbocycles. The fourth-order valence-electron chi connectivity index (χ4n) is 3.81. The number of halogens is 1. The maximum Gasteiger partial charge on any atom is 0.297 e. The Labute approximate surface area is 174 Å². The van der Waals surface area contributed by atoms with Crippen molar-refractivity contribution in [3.8, 4) is 0 Å². The smallest absolute Gasteiger partial charge is 0.297 e. The summed E-state index contributed by atoms with van der Waals surface area (Å²) in [5.41, 5.74) is 1.69. The number of hydrogen-bond donors (Lipinski definition) is 0. The predicted molar refractivity (Wildman–Crippen MR) is 112 cm³/mol. The molecule has 2 aromatic heterocycles. The van der Waals surface area contributed by atoms with E-state index < -0.39 is 17.8 Å². The zero-order valence-electron chi connectivity index (χ0n) is 16.2. The van der Waals surface area contributed by atoms with Gasteiger partial charge >= 0.3 is 0 Å². The quantitative estimate of drug-likeness (QED) is 0.490. The summed E-state index contributed by atoms with van der Waals surface area (Å²) in [4.78, 5) is 28.2. The van der Waals surface area contributed by atoms with Gasteiger partial charge in [0.1, 0.15) is 16.4 Å². The molecule has 150 valence electrons. The summed E-state index contributed by atoms with van der Waals surface area (Å²) >= 11 is 1.22. The molecular weight excluding hydrogens is 405 g/mol. The normalized spacial score (nSPS) is 15.8. The van der Waals surface area contributed by atoms with Crippen molar-refractivity contribution in [1.29, 1.82) is 0 Å². The number of benzene rings is 2. The number of carbonyl (C=O) groups excluding carboxylic acids is 1. The van der Waals surface area contributed by atoms with Crippen molar-refractivity contribution in [3.05, 3.63) is 86.0 Å². The first-order valence-electron chi connectivity index (χ1n) is 9.46. The molecule has 1 aliphatic heterocycles. The van der Waals surface area contributed by atoms with Crippen LogP contribution in [-0.2, 0) is 6.42 Å². The van der Waals surface area contributed by atoms with Gasteiger partial charge in [-0.1, -0.05) is 36.5 Å². The Balaban J connectivity index is 1.82. The molecule has 3 heterocycles. The third-order valence-electron chi connectivity index (χ3n) is 5.23. The number of amides is 1. The molecule has 1 unspecified atom stereocenters. The van der Waals surface area contributed by atoms with Crippen LogP contribution in [0.4, 0.5) is 9.52 Å². The molecule has 0 N–H and O–H groups in total. The molecule has 8 heteroatoms. The van der Waals surface area contributed by atoms with Crippen molar-refractivity contribution >= 4 is 33.3 Å². The zero-order chi connectivity index (χ0) is 21.0. The number of rotatable bonds is 3. The molecule has 0 aliphatic carbocycles. The fourth-order valence-corrected chi connectivity index (χ4v) is 4.53. The molecule has 6 nitrogen and oxygen atoms in total. The van der Waals surface area contributed by atoms with Crippen LogP contribution < -0.4 is 10.3 Å². The molecular formula is C22H16FN3O3S. The van der Waals surface area contributed by atoms with Gasteiger partial charge in [-0.05, 0) is 48.7 Å². The van der Waals surface area contributed by atoms with E-state index >= 15 is 0 Å². The molecule has 1 atom stereocenters. The van der Waals surface area contributed by atoms with Crippen molar-refractivity contribution in [1.82, 2.24) is 10.2 Å². The molecule has 1 aliphatic rings. The van der Waals surface area contributed by atoms with Gasteiger partial charge in [-0.25, -0.2) is 4.39 Å². The van der Waals surface area contributed by atoms with E-state index in [-0.39, 0.29) is 16.8 Å². The number of fused-ring (bicyclic) bond motifs is 2. The Morgan fingerprint density at radius 2 is 2.00 bits per heavy atom. The predicted octanol–water partition coefficient (Wildman–Crippen LogP) is 4.40. The van der Waals surface area contributed by atoms with Gasteiger partial charge in [-0.3, -0.25) is 14.5 Å². The highest BCUT2D eigenvalue weighted by molar-refractivity contribution is 7.15. The van der Waals surface area contributed by atoms with Crippen LogP contribution >= 0.6 is 11.3 Å². The molecule has 30 heavy (non-hydrogen) atoms. The number of aryl methyl sites for hydroxylation is 2. The largest absolute Gasteiger partial charge is 0.450 e. The minimum absolute atomic E-state index is 0.0427. The molecule has 1 amide bonds. The number of carbonyl (C=O) groups is 1. The highest BCUT2D eigenvalue weighted by Gasteiger charge is 2.45. The third-order valence-corrected chi connectivity index (χ3v) is 6.07. The Hall–Kier alpha value is -3.39. The lowest BCUT2D eigenvalue weighted by Gasteiger charge is -2.22. The molecule has 5 rings (SSSR count). The number of nitrogens with zero attached hydrogens (tertiary/aromatic N) is 3. The van der Waals surface area contributed by atoms with Crippen LogP contribution in [0.3, 0.4) is 0 Å². The van der Waals surface area contributed by atoms with Gasteiger partial charge in [-0.15, -0.1) is 10.2 Å². The molecule has 0 saturated heterocycles. The average Bonchev–Trinajstić information content (AvgIpc) is 3.29. The molecule has 0 spiro atoms. The van der Waals surface area contributed by atoms with E-state index in [0.717, 1.165) is 12.0 Å². The van der Waals surface area contributed by atoms with Crippen LogP contribution in [0, 0.1) is 12.7 Å². The van der Waals surface area contributed by atoms with E-state index in [1.807, 2.05) is 13.0 Å². The van der Waals surface area contributed by atoms with E-state index in [1.165, 1.54) is 28.4 Å². The van der Waals surface area contributed by atoms with Gasteiger partial charge in [0, 0.05) is 0 Å².